The molecule has 1 amide bonds. The van der Waals surface area contributed by atoms with E-state index in [-0.39, 0.29) is 12.6 Å². The average Bonchev–Trinajstić information content (AvgIpc) is 2.93. The van der Waals surface area contributed by atoms with E-state index in [0.29, 0.717) is 5.75 Å². The van der Waals surface area contributed by atoms with Crippen molar-refractivity contribution in [2.45, 2.75) is 12.5 Å². The van der Waals surface area contributed by atoms with Crippen LogP contribution in [0.2, 0.25) is 0 Å². The molecule has 0 spiro atoms. The summed E-state index contributed by atoms with van der Waals surface area (Å²) in [6, 6.07) is 7.58. The average molecular weight is 272 g/mol. The number of carbonyl (C=O) groups excluding carboxylic acids is 1. The Morgan fingerprint density at radius 3 is 3.15 bits per heavy atom. The number of H-pyrrole nitrogens is 1. The molecule has 1 aromatic carbocycles. The lowest BCUT2D eigenvalue weighted by molar-refractivity contribution is -0.119. The molecule has 2 heterocycles. The maximum Gasteiger partial charge on any atom is 0.255 e. The quantitative estimate of drug-likeness (QED) is 0.756. The van der Waals surface area contributed by atoms with Crippen LogP contribution in [0.15, 0.2) is 30.6 Å². The normalized spacial score (nSPS) is 17.5. The Labute approximate surface area is 116 Å². The van der Waals surface area contributed by atoms with Crippen molar-refractivity contribution in [1.29, 1.82) is 0 Å². The molecule has 0 bridgehead atoms. The van der Waals surface area contributed by atoms with E-state index in [2.05, 4.69) is 15.3 Å². The number of imidazole rings is 1. The van der Waals surface area contributed by atoms with Gasteiger partial charge in [-0.2, -0.15) is 0 Å². The molecular weight excluding hydrogens is 256 g/mol. The van der Waals surface area contributed by atoms with Gasteiger partial charge in [0.05, 0.1) is 18.1 Å². The Bertz CT molecular complexity index is 623. The molecule has 1 unspecified atom stereocenters. The summed E-state index contributed by atoms with van der Waals surface area (Å²) in [6.07, 6.45) is 2.63. The zero-order valence-corrected chi connectivity index (χ0v) is 10.9. The molecule has 0 aliphatic carbocycles. The van der Waals surface area contributed by atoms with Gasteiger partial charge in [0.25, 0.3) is 5.91 Å². The second-order valence-corrected chi connectivity index (χ2v) is 4.70. The van der Waals surface area contributed by atoms with Gasteiger partial charge in [-0.3, -0.25) is 4.79 Å². The third kappa shape index (κ3) is 2.37. The zero-order chi connectivity index (χ0) is 13.9. The molecule has 0 radical (unpaired) electrons. The number of benzene rings is 1. The van der Waals surface area contributed by atoms with Crippen LogP contribution in [0, 0.1) is 0 Å². The number of rotatable bonds is 4. The molecule has 1 aliphatic heterocycles. The summed E-state index contributed by atoms with van der Waals surface area (Å²) < 4.78 is 5.49. The van der Waals surface area contributed by atoms with Crippen LogP contribution < -0.4 is 15.8 Å². The van der Waals surface area contributed by atoms with Crippen LogP contribution >= 0.6 is 0 Å². The van der Waals surface area contributed by atoms with Crippen molar-refractivity contribution in [3.05, 3.63) is 47.5 Å². The monoisotopic (exact) mass is 272 g/mol. The lowest BCUT2D eigenvalue weighted by atomic mass is 9.97. The predicted octanol–water partition coefficient (Wildman–Crippen LogP) is 0.509. The first-order valence-electron chi connectivity index (χ1n) is 6.51. The van der Waals surface area contributed by atoms with Gasteiger partial charge in [0.15, 0.2) is 6.61 Å². The Kier molecular flexibility index (Phi) is 3.39. The smallest absolute Gasteiger partial charge is 0.255 e. The molecule has 1 aromatic heterocycles. The second kappa shape index (κ2) is 5.34. The van der Waals surface area contributed by atoms with E-state index in [4.69, 9.17) is 10.5 Å². The van der Waals surface area contributed by atoms with Crippen molar-refractivity contribution in [2.24, 2.45) is 5.73 Å². The molecular formula is C14H16N4O2. The molecule has 1 atom stereocenters. The minimum Gasteiger partial charge on any atom is -0.483 e. The minimum absolute atomic E-state index is 0.0333. The van der Waals surface area contributed by atoms with Crippen LogP contribution in [0.5, 0.6) is 5.75 Å². The fourth-order valence-electron chi connectivity index (χ4n) is 2.48. The van der Waals surface area contributed by atoms with Crippen molar-refractivity contribution in [3.8, 4) is 5.75 Å². The molecule has 3 rings (SSSR count). The number of amides is 1. The summed E-state index contributed by atoms with van der Waals surface area (Å²) in [5.41, 5.74) is 8.21. The number of aromatic amines is 1. The lowest BCUT2D eigenvalue weighted by Gasteiger charge is -2.25. The van der Waals surface area contributed by atoms with Crippen LogP contribution in [0.4, 0.5) is 0 Å². The summed E-state index contributed by atoms with van der Waals surface area (Å²) in [7, 11) is 0. The van der Waals surface area contributed by atoms with Crippen molar-refractivity contribution >= 4 is 5.91 Å². The van der Waals surface area contributed by atoms with Gasteiger partial charge in [0.1, 0.15) is 5.75 Å². The number of primary amides is 1. The highest BCUT2D eigenvalue weighted by Crippen LogP contribution is 2.32. The summed E-state index contributed by atoms with van der Waals surface area (Å²) >= 11 is 0. The Balaban J connectivity index is 1.93. The van der Waals surface area contributed by atoms with Gasteiger partial charge in [0.2, 0.25) is 0 Å². The number of ether oxygens (including phenoxy) is 1. The van der Waals surface area contributed by atoms with Gasteiger partial charge in [-0.1, -0.05) is 18.2 Å². The van der Waals surface area contributed by atoms with Crippen LogP contribution in [0.1, 0.15) is 23.0 Å². The molecule has 20 heavy (non-hydrogen) atoms. The molecule has 6 nitrogen and oxygen atoms in total. The number of aromatic nitrogens is 2. The van der Waals surface area contributed by atoms with Crippen LogP contribution in [0.25, 0.3) is 0 Å². The third-order valence-electron chi connectivity index (χ3n) is 3.35. The Morgan fingerprint density at radius 2 is 2.30 bits per heavy atom. The van der Waals surface area contributed by atoms with E-state index in [1.54, 1.807) is 6.33 Å². The number of nitrogens with zero attached hydrogens (tertiary/aromatic N) is 1. The topological polar surface area (TPSA) is 93.0 Å². The van der Waals surface area contributed by atoms with E-state index < -0.39 is 5.91 Å². The van der Waals surface area contributed by atoms with Crippen LogP contribution in [-0.2, 0) is 11.2 Å². The number of carbonyl (C=O) groups is 1. The fraction of sp³-hybridized carbons (Fsp3) is 0.286. The van der Waals surface area contributed by atoms with Crippen LogP contribution in [-0.4, -0.2) is 29.0 Å². The zero-order valence-electron chi connectivity index (χ0n) is 10.9. The van der Waals surface area contributed by atoms with Crippen molar-refractivity contribution < 1.29 is 9.53 Å². The number of hydrogen-bond acceptors (Lipinski definition) is 4. The van der Waals surface area contributed by atoms with Gasteiger partial charge in [0, 0.05) is 24.2 Å². The molecule has 0 fully saturated rings. The first kappa shape index (κ1) is 12.7. The molecule has 0 saturated heterocycles. The third-order valence-corrected chi connectivity index (χ3v) is 3.35. The molecule has 1 aliphatic rings. The lowest BCUT2D eigenvalue weighted by Crippen LogP contribution is -2.31. The maximum atomic E-state index is 10.9. The van der Waals surface area contributed by atoms with Gasteiger partial charge >= 0.3 is 0 Å². The highest BCUT2D eigenvalue weighted by molar-refractivity contribution is 5.75. The van der Waals surface area contributed by atoms with Crippen molar-refractivity contribution in [1.82, 2.24) is 15.3 Å². The maximum absolute atomic E-state index is 10.9. The summed E-state index contributed by atoms with van der Waals surface area (Å²) in [5.74, 6) is 0.163. The van der Waals surface area contributed by atoms with Crippen molar-refractivity contribution in [3.63, 3.8) is 0 Å². The van der Waals surface area contributed by atoms with Crippen LogP contribution in [0.3, 0.4) is 0 Å². The molecule has 6 heteroatoms. The highest BCUT2D eigenvalue weighted by atomic mass is 16.5. The van der Waals surface area contributed by atoms with E-state index >= 15 is 0 Å². The van der Waals surface area contributed by atoms with Gasteiger partial charge in [-0.05, 0) is 6.07 Å². The molecule has 104 valence electrons. The van der Waals surface area contributed by atoms with E-state index in [1.807, 2.05) is 24.3 Å². The second-order valence-electron chi connectivity index (χ2n) is 4.70. The van der Waals surface area contributed by atoms with E-state index in [1.165, 1.54) is 0 Å². The van der Waals surface area contributed by atoms with Gasteiger partial charge < -0.3 is 20.8 Å². The number of fused-ring (bicyclic) bond motifs is 1. The number of nitrogens with one attached hydrogen (secondary N) is 2. The number of para-hydroxylation sites is 1. The van der Waals surface area contributed by atoms with E-state index in [0.717, 1.165) is 29.9 Å². The minimum atomic E-state index is -0.489. The summed E-state index contributed by atoms with van der Waals surface area (Å²) in [4.78, 5) is 18.4. The molecule has 4 N–H and O–H groups in total. The van der Waals surface area contributed by atoms with Gasteiger partial charge in [-0.15, -0.1) is 0 Å². The fourth-order valence-corrected chi connectivity index (χ4v) is 2.48. The SMILES string of the molecule is NC(=O)COc1ccccc1C1NCCc2[nH]cnc21. The van der Waals surface area contributed by atoms with Gasteiger partial charge in [-0.25, -0.2) is 4.98 Å². The first-order chi connectivity index (χ1) is 9.75. The number of hydrogen-bond donors (Lipinski definition) is 3. The van der Waals surface area contributed by atoms with E-state index in [9.17, 15) is 4.79 Å². The predicted molar refractivity (Wildman–Crippen MR) is 73.3 cm³/mol. The highest BCUT2D eigenvalue weighted by Gasteiger charge is 2.26. The molecule has 2 aromatic rings. The summed E-state index contributed by atoms with van der Waals surface area (Å²) in [6.45, 7) is 0.737. The Hall–Kier alpha value is -2.34. The van der Waals surface area contributed by atoms with Crippen molar-refractivity contribution in [2.75, 3.05) is 13.2 Å². The standard InChI is InChI=1S/C14H16N4O2/c15-12(19)7-20-11-4-2-1-3-9(11)13-14-10(5-6-16-13)17-8-18-14/h1-4,8,13,16H,5-7H2,(H2,15,19)(H,17,18). The largest absolute Gasteiger partial charge is 0.483 e. The first-order valence-corrected chi connectivity index (χ1v) is 6.51. The Morgan fingerprint density at radius 1 is 1.45 bits per heavy atom. The number of nitrogens with two attached hydrogens (primary N) is 1. The molecule has 0 saturated carbocycles. The summed E-state index contributed by atoms with van der Waals surface area (Å²) in [5, 5.41) is 3.43.